The molecular weight excluding hydrogens is 164 g/mol. The smallest absolute Gasteiger partial charge is 0.151 e. The zero-order valence-corrected chi connectivity index (χ0v) is 7.04. The lowest BCUT2D eigenvalue weighted by Gasteiger charge is -2.23. The SMILES string of the molecule is CO[C@@H](C=O)[C@H](O)[C@@H](O)[C@H](C)O. The number of aliphatic hydroxyl groups excluding tert-OH is 3. The van der Waals surface area contributed by atoms with Crippen molar-refractivity contribution < 1.29 is 24.9 Å². The molecule has 0 aliphatic rings. The van der Waals surface area contributed by atoms with Crippen LogP contribution in [0.5, 0.6) is 0 Å². The lowest BCUT2D eigenvalue weighted by atomic mass is 10.1. The average Bonchev–Trinajstić information content (AvgIpc) is 2.05. The molecule has 0 amide bonds. The van der Waals surface area contributed by atoms with Crippen molar-refractivity contribution in [2.75, 3.05) is 7.11 Å². The third kappa shape index (κ3) is 2.86. The summed E-state index contributed by atoms with van der Waals surface area (Å²) in [6, 6.07) is 0. The number of methoxy groups -OCH3 is 1. The molecule has 0 spiro atoms. The van der Waals surface area contributed by atoms with Crippen molar-refractivity contribution in [2.24, 2.45) is 0 Å². The highest BCUT2D eigenvalue weighted by molar-refractivity contribution is 5.57. The summed E-state index contributed by atoms with van der Waals surface area (Å²) < 4.78 is 4.54. The van der Waals surface area contributed by atoms with E-state index < -0.39 is 24.4 Å². The van der Waals surface area contributed by atoms with Crippen LogP contribution in [0.4, 0.5) is 0 Å². The van der Waals surface area contributed by atoms with Crippen molar-refractivity contribution in [2.45, 2.75) is 31.3 Å². The van der Waals surface area contributed by atoms with Gasteiger partial charge in [-0.1, -0.05) is 0 Å². The Morgan fingerprint density at radius 2 is 1.75 bits per heavy atom. The molecule has 0 bridgehead atoms. The molecule has 0 saturated carbocycles. The molecule has 0 rings (SSSR count). The van der Waals surface area contributed by atoms with E-state index in [0.717, 1.165) is 0 Å². The van der Waals surface area contributed by atoms with Crippen molar-refractivity contribution >= 4 is 6.29 Å². The number of carbonyl (C=O) groups excluding carboxylic acids is 1. The molecule has 0 aliphatic heterocycles. The number of ether oxygens (including phenoxy) is 1. The second-order valence-corrected chi connectivity index (χ2v) is 2.56. The Morgan fingerprint density at radius 3 is 2.00 bits per heavy atom. The van der Waals surface area contributed by atoms with Gasteiger partial charge in [-0.15, -0.1) is 0 Å². The fraction of sp³-hybridized carbons (Fsp3) is 0.857. The van der Waals surface area contributed by atoms with E-state index in [0.29, 0.717) is 6.29 Å². The van der Waals surface area contributed by atoms with E-state index in [1.54, 1.807) is 0 Å². The van der Waals surface area contributed by atoms with Crippen molar-refractivity contribution in [3.63, 3.8) is 0 Å². The maximum atomic E-state index is 10.2. The predicted molar refractivity (Wildman–Crippen MR) is 40.6 cm³/mol. The maximum absolute atomic E-state index is 10.2. The molecule has 4 atom stereocenters. The van der Waals surface area contributed by atoms with E-state index >= 15 is 0 Å². The number of rotatable bonds is 5. The standard InChI is InChI=1S/C7H14O5/c1-4(9)6(10)7(11)5(3-8)12-2/h3-7,9-11H,1-2H3/t4-,5-,6-,7-/m0/s1. The molecule has 0 saturated heterocycles. The molecule has 0 fully saturated rings. The summed E-state index contributed by atoms with van der Waals surface area (Å²) in [6.45, 7) is 1.31. The first-order valence-corrected chi connectivity index (χ1v) is 3.56. The van der Waals surface area contributed by atoms with Crippen LogP contribution in [0.25, 0.3) is 0 Å². The van der Waals surface area contributed by atoms with Crippen molar-refractivity contribution in [1.29, 1.82) is 0 Å². The molecule has 0 aromatic rings. The number of aliphatic hydroxyl groups is 3. The van der Waals surface area contributed by atoms with E-state index in [2.05, 4.69) is 4.74 Å². The molecule has 0 heterocycles. The first kappa shape index (κ1) is 11.5. The lowest BCUT2D eigenvalue weighted by molar-refractivity contribution is -0.136. The van der Waals surface area contributed by atoms with Gasteiger partial charge in [0.1, 0.15) is 18.3 Å². The molecule has 5 nitrogen and oxygen atoms in total. The molecule has 72 valence electrons. The molecule has 0 radical (unpaired) electrons. The monoisotopic (exact) mass is 178 g/mol. The molecule has 0 aliphatic carbocycles. The van der Waals surface area contributed by atoms with Gasteiger partial charge in [0, 0.05) is 7.11 Å². The van der Waals surface area contributed by atoms with Gasteiger partial charge in [0.05, 0.1) is 6.10 Å². The summed E-state index contributed by atoms with van der Waals surface area (Å²) in [5.74, 6) is 0. The fourth-order valence-electron chi connectivity index (χ4n) is 0.755. The molecule has 12 heavy (non-hydrogen) atoms. The van der Waals surface area contributed by atoms with Crippen LogP contribution in [0.15, 0.2) is 0 Å². The number of hydrogen-bond acceptors (Lipinski definition) is 5. The third-order valence-electron chi connectivity index (χ3n) is 1.59. The molecule has 5 heteroatoms. The van der Waals surface area contributed by atoms with Gasteiger partial charge in [-0.25, -0.2) is 0 Å². The Hall–Kier alpha value is -0.490. The zero-order chi connectivity index (χ0) is 9.72. The van der Waals surface area contributed by atoms with E-state index in [4.69, 9.17) is 10.2 Å². The Kier molecular flexibility index (Phi) is 5.00. The zero-order valence-electron chi connectivity index (χ0n) is 7.04. The largest absolute Gasteiger partial charge is 0.391 e. The normalized spacial score (nSPS) is 21.1. The van der Waals surface area contributed by atoms with Crippen LogP contribution >= 0.6 is 0 Å². The topological polar surface area (TPSA) is 87.0 Å². The lowest BCUT2D eigenvalue weighted by Crippen LogP contribution is -2.44. The highest BCUT2D eigenvalue weighted by Gasteiger charge is 2.28. The van der Waals surface area contributed by atoms with Gasteiger partial charge in [0.25, 0.3) is 0 Å². The quantitative estimate of drug-likeness (QED) is 0.437. The minimum Gasteiger partial charge on any atom is -0.391 e. The van der Waals surface area contributed by atoms with Gasteiger partial charge in [-0.2, -0.15) is 0 Å². The van der Waals surface area contributed by atoms with Crippen LogP contribution in [0.1, 0.15) is 6.92 Å². The van der Waals surface area contributed by atoms with E-state index in [1.165, 1.54) is 14.0 Å². The fourth-order valence-corrected chi connectivity index (χ4v) is 0.755. The summed E-state index contributed by atoms with van der Waals surface area (Å²) in [5.41, 5.74) is 0. The Labute approximate surface area is 70.6 Å². The molecule has 0 aromatic heterocycles. The van der Waals surface area contributed by atoms with Crippen LogP contribution in [0.3, 0.4) is 0 Å². The van der Waals surface area contributed by atoms with E-state index in [1.807, 2.05) is 0 Å². The predicted octanol–water partition coefficient (Wildman–Crippen LogP) is -1.70. The Balaban J connectivity index is 4.14. The number of aldehydes is 1. The minimum atomic E-state index is -1.40. The first-order chi connectivity index (χ1) is 5.54. The minimum absolute atomic E-state index is 0.371. The van der Waals surface area contributed by atoms with Crippen LogP contribution in [-0.4, -0.2) is 53.1 Å². The van der Waals surface area contributed by atoms with Crippen LogP contribution < -0.4 is 0 Å². The van der Waals surface area contributed by atoms with Gasteiger partial charge >= 0.3 is 0 Å². The maximum Gasteiger partial charge on any atom is 0.151 e. The highest BCUT2D eigenvalue weighted by atomic mass is 16.5. The molecular formula is C7H14O5. The molecule has 0 aromatic carbocycles. The third-order valence-corrected chi connectivity index (χ3v) is 1.59. The van der Waals surface area contributed by atoms with Gasteiger partial charge in [-0.05, 0) is 6.92 Å². The Morgan fingerprint density at radius 1 is 1.25 bits per heavy atom. The summed E-state index contributed by atoms with van der Waals surface area (Å²) in [6.07, 6.45) is -4.60. The summed E-state index contributed by atoms with van der Waals surface area (Å²) in [5, 5.41) is 27.1. The van der Waals surface area contributed by atoms with Gasteiger partial charge in [0.15, 0.2) is 6.29 Å². The van der Waals surface area contributed by atoms with Crippen LogP contribution in [0, 0.1) is 0 Å². The Bertz CT molecular complexity index is 136. The summed E-state index contributed by atoms with van der Waals surface area (Å²) in [7, 11) is 1.23. The van der Waals surface area contributed by atoms with Crippen molar-refractivity contribution in [3.8, 4) is 0 Å². The van der Waals surface area contributed by atoms with E-state index in [9.17, 15) is 9.90 Å². The summed E-state index contributed by atoms with van der Waals surface area (Å²) >= 11 is 0. The highest BCUT2D eigenvalue weighted by Crippen LogP contribution is 2.05. The van der Waals surface area contributed by atoms with Crippen LogP contribution in [-0.2, 0) is 9.53 Å². The average molecular weight is 178 g/mol. The van der Waals surface area contributed by atoms with Crippen molar-refractivity contribution in [1.82, 2.24) is 0 Å². The van der Waals surface area contributed by atoms with Crippen molar-refractivity contribution in [3.05, 3.63) is 0 Å². The number of hydrogen-bond donors (Lipinski definition) is 3. The second kappa shape index (κ2) is 5.21. The summed E-state index contributed by atoms with van der Waals surface area (Å²) in [4.78, 5) is 10.2. The molecule has 0 unspecified atom stereocenters. The van der Waals surface area contributed by atoms with Gasteiger partial charge < -0.3 is 24.9 Å². The first-order valence-electron chi connectivity index (χ1n) is 3.56. The molecule has 3 N–H and O–H groups in total. The van der Waals surface area contributed by atoms with Crippen LogP contribution in [0.2, 0.25) is 0 Å². The van der Waals surface area contributed by atoms with E-state index in [-0.39, 0.29) is 0 Å². The van der Waals surface area contributed by atoms with Gasteiger partial charge in [0.2, 0.25) is 0 Å². The number of carbonyl (C=O) groups is 1. The van der Waals surface area contributed by atoms with Gasteiger partial charge in [-0.3, -0.25) is 0 Å². The second-order valence-electron chi connectivity index (χ2n) is 2.56.